The summed E-state index contributed by atoms with van der Waals surface area (Å²) in [4.78, 5) is 18.2. The van der Waals surface area contributed by atoms with Gasteiger partial charge in [0, 0.05) is 50.1 Å². The molecule has 1 N–H and O–H groups in total. The molecule has 0 radical (unpaired) electrons. The monoisotopic (exact) mass is 519 g/mol. The molecule has 4 heterocycles. The highest BCUT2D eigenvalue weighted by Gasteiger charge is 2.44. The average molecular weight is 520 g/mol. The highest BCUT2D eigenvalue weighted by atomic mass is 19.4. The van der Waals surface area contributed by atoms with Crippen LogP contribution in [0.4, 0.5) is 18.9 Å². The molecule has 3 aliphatic heterocycles. The van der Waals surface area contributed by atoms with Gasteiger partial charge in [0.25, 0.3) is 0 Å². The molecule has 1 spiro atoms. The summed E-state index contributed by atoms with van der Waals surface area (Å²) in [5, 5.41) is 13.4. The van der Waals surface area contributed by atoms with Crippen LogP contribution < -0.4 is 4.90 Å². The van der Waals surface area contributed by atoms with Crippen LogP contribution in [0.1, 0.15) is 79.7 Å². The first-order chi connectivity index (χ1) is 17.7. The van der Waals surface area contributed by atoms with Crippen molar-refractivity contribution in [3.05, 3.63) is 47.3 Å². The fourth-order valence-corrected chi connectivity index (χ4v) is 6.46. The van der Waals surface area contributed by atoms with Crippen LogP contribution in [0.3, 0.4) is 0 Å². The molecule has 3 saturated heterocycles. The molecule has 0 amide bonds. The Kier molecular flexibility index (Phi) is 7.24. The zero-order valence-corrected chi connectivity index (χ0v) is 21.4. The van der Waals surface area contributed by atoms with Gasteiger partial charge in [-0.05, 0) is 82.2 Å². The highest BCUT2D eigenvalue weighted by Crippen LogP contribution is 2.42. The zero-order chi connectivity index (χ0) is 26.2. The van der Waals surface area contributed by atoms with Crippen molar-refractivity contribution in [2.24, 2.45) is 0 Å². The number of hydrogen-bond donors (Lipinski definition) is 1. The van der Waals surface area contributed by atoms with Gasteiger partial charge in [-0.1, -0.05) is 6.07 Å². The molecule has 5 rings (SSSR count). The lowest BCUT2D eigenvalue weighted by atomic mass is 9.84. The normalized spacial score (nSPS) is 22.0. The maximum absolute atomic E-state index is 13.6. The lowest BCUT2D eigenvalue weighted by Crippen LogP contribution is -2.52. The standard InChI is InChI=1S/C27H36F3N5O2/c1-20(35-15-8-23(31-35)25(36)37)32-16-10-26(11-17-32)9-5-14-34(26)19-21-6-7-22(27(28,29)30)18-24(21)33-12-3-2-4-13-33/h6-8,15,18,20H,2-5,9-14,16-17,19H2,1H3,(H,36,37). The van der Waals surface area contributed by atoms with Gasteiger partial charge in [-0.3, -0.25) is 14.5 Å². The van der Waals surface area contributed by atoms with Gasteiger partial charge in [0.2, 0.25) is 0 Å². The van der Waals surface area contributed by atoms with E-state index < -0.39 is 17.7 Å². The molecule has 0 saturated carbocycles. The number of piperidine rings is 2. The van der Waals surface area contributed by atoms with Crippen LogP contribution in [-0.2, 0) is 12.7 Å². The van der Waals surface area contributed by atoms with Crippen LogP contribution in [0, 0.1) is 0 Å². The van der Waals surface area contributed by atoms with Gasteiger partial charge in [0.15, 0.2) is 5.69 Å². The number of aromatic nitrogens is 2. The van der Waals surface area contributed by atoms with E-state index in [0.29, 0.717) is 6.54 Å². The van der Waals surface area contributed by atoms with E-state index in [1.165, 1.54) is 18.2 Å². The van der Waals surface area contributed by atoms with Gasteiger partial charge in [-0.2, -0.15) is 18.3 Å². The average Bonchev–Trinajstić information content (AvgIpc) is 3.53. The Hall–Kier alpha value is -2.59. The molecular formula is C27H36F3N5O2. The molecule has 10 heteroatoms. The molecule has 202 valence electrons. The fraction of sp³-hybridized carbons (Fsp3) is 0.630. The first-order valence-electron chi connectivity index (χ1n) is 13.4. The van der Waals surface area contributed by atoms with Crippen molar-refractivity contribution in [2.75, 3.05) is 37.6 Å². The summed E-state index contributed by atoms with van der Waals surface area (Å²) >= 11 is 0. The lowest BCUT2D eigenvalue weighted by molar-refractivity contribution is -0.137. The van der Waals surface area contributed by atoms with E-state index in [-0.39, 0.29) is 17.4 Å². The summed E-state index contributed by atoms with van der Waals surface area (Å²) in [5.41, 5.74) is 1.26. The Morgan fingerprint density at radius 2 is 1.76 bits per heavy atom. The van der Waals surface area contributed by atoms with Gasteiger partial charge in [0.05, 0.1) is 5.56 Å². The van der Waals surface area contributed by atoms with E-state index in [4.69, 9.17) is 0 Å². The van der Waals surface area contributed by atoms with E-state index in [1.807, 2.05) is 6.92 Å². The Bertz CT molecular complexity index is 1100. The van der Waals surface area contributed by atoms with Gasteiger partial charge in [0.1, 0.15) is 6.17 Å². The summed E-state index contributed by atoms with van der Waals surface area (Å²) in [6.07, 6.45) is 4.63. The second-order valence-corrected chi connectivity index (χ2v) is 10.8. The maximum Gasteiger partial charge on any atom is 0.416 e. The molecule has 7 nitrogen and oxygen atoms in total. The number of carboxylic acid groups (broad SMARTS) is 1. The number of rotatable bonds is 6. The van der Waals surface area contributed by atoms with E-state index in [9.17, 15) is 23.1 Å². The smallest absolute Gasteiger partial charge is 0.416 e. The number of likely N-dealkylation sites (tertiary alicyclic amines) is 2. The van der Waals surface area contributed by atoms with Gasteiger partial charge >= 0.3 is 12.1 Å². The predicted octanol–water partition coefficient (Wildman–Crippen LogP) is 5.24. The molecule has 1 aromatic carbocycles. The minimum absolute atomic E-state index is 0.0408. The molecule has 1 unspecified atom stereocenters. The van der Waals surface area contributed by atoms with Crippen molar-refractivity contribution in [3.63, 3.8) is 0 Å². The maximum atomic E-state index is 13.6. The number of anilines is 1. The minimum atomic E-state index is -4.35. The molecule has 3 fully saturated rings. The van der Waals surface area contributed by atoms with Crippen molar-refractivity contribution in [1.29, 1.82) is 0 Å². The third-order valence-electron chi connectivity index (χ3n) is 8.68. The molecule has 0 aliphatic carbocycles. The topological polar surface area (TPSA) is 64.8 Å². The van der Waals surface area contributed by atoms with Crippen molar-refractivity contribution >= 4 is 11.7 Å². The Balaban J connectivity index is 1.31. The van der Waals surface area contributed by atoms with Crippen molar-refractivity contribution in [1.82, 2.24) is 19.6 Å². The number of halogens is 3. The first-order valence-corrected chi connectivity index (χ1v) is 13.4. The number of hydrogen-bond acceptors (Lipinski definition) is 5. The summed E-state index contributed by atoms with van der Waals surface area (Å²) in [6, 6.07) is 5.83. The number of carbonyl (C=O) groups is 1. The van der Waals surface area contributed by atoms with E-state index >= 15 is 0 Å². The van der Waals surface area contributed by atoms with E-state index in [1.54, 1.807) is 16.9 Å². The number of carboxylic acids is 1. The number of alkyl halides is 3. The van der Waals surface area contributed by atoms with Crippen molar-refractivity contribution in [2.45, 2.75) is 76.3 Å². The second-order valence-electron chi connectivity index (χ2n) is 10.8. The molecule has 0 bridgehead atoms. The van der Waals surface area contributed by atoms with Crippen LogP contribution >= 0.6 is 0 Å². The number of aromatic carboxylic acids is 1. The van der Waals surface area contributed by atoms with Crippen LogP contribution in [0.25, 0.3) is 0 Å². The molecule has 1 atom stereocenters. The largest absolute Gasteiger partial charge is 0.476 e. The van der Waals surface area contributed by atoms with Crippen molar-refractivity contribution < 1.29 is 23.1 Å². The third kappa shape index (κ3) is 5.36. The molecule has 37 heavy (non-hydrogen) atoms. The fourth-order valence-electron chi connectivity index (χ4n) is 6.46. The van der Waals surface area contributed by atoms with E-state index in [2.05, 4.69) is 19.8 Å². The third-order valence-corrected chi connectivity index (χ3v) is 8.68. The molecule has 1 aromatic heterocycles. The summed E-state index contributed by atoms with van der Waals surface area (Å²) in [7, 11) is 0. The van der Waals surface area contributed by atoms with Gasteiger partial charge < -0.3 is 10.0 Å². The Morgan fingerprint density at radius 3 is 2.41 bits per heavy atom. The number of benzene rings is 1. The quantitative estimate of drug-likeness (QED) is 0.563. The first kappa shape index (κ1) is 26.0. The molecular weight excluding hydrogens is 483 g/mol. The van der Waals surface area contributed by atoms with Gasteiger partial charge in [-0.15, -0.1) is 0 Å². The van der Waals surface area contributed by atoms with Crippen LogP contribution in [0.2, 0.25) is 0 Å². The Labute approximate surface area is 215 Å². The number of nitrogens with zero attached hydrogens (tertiary/aromatic N) is 5. The summed E-state index contributed by atoms with van der Waals surface area (Å²) < 4.78 is 42.4. The van der Waals surface area contributed by atoms with Crippen LogP contribution in [0.5, 0.6) is 0 Å². The highest BCUT2D eigenvalue weighted by molar-refractivity contribution is 5.85. The predicted molar refractivity (Wildman–Crippen MR) is 135 cm³/mol. The molecule has 2 aromatic rings. The van der Waals surface area contributed by atoms with Gasteiger partial charge in [-0.25, -0.2) is 4.79 Å². The Morgan fingerprint density at radius 1 is 1.03 bits per heavy atom. The minimum Gasteiger partial charge on any atom is -0.476 e. The second kappa shape index (κ2) is 10.3. The lowest BCUT2D eigenvalue weighted by Gasteiger charge is -2.47. The van der Waals surface area contributed by atoms with Crippen molar-refractivity contribution in [3.8, 4) is 0 Å². The summed E-state index contributed by atoms with van der Waals surface area (Å²) in [6.45, 7) is 7.01. The summed E-state index contributed by atoms with van der Waals surface area (Å²) in [5.74, 6) is -1.03. The van der Waals surface area contributed by atoms with E-state index in [0.717, 1.165) is 88.9 Å². The van der Waals surface area contributed by atoms with Crippen LogP contribution in [-0.4, -0.2) is 68.9 Å². The SMILES string of the molecule is CC(N1CCC2(CCCN2Cc2ccc(C(F)(F)F)cc2N2CCCCC2)CC1)n1ccc(C(=O)O)n1. The molecule has 3 aliphatic rings. The van der Waals surface area contributed by atoms with Crippen LogP contribution in [0.15, 0.2) is 30.5 Å². The zero-order valence-electron chi connectivity index (χ0n) is 21.4.